The molecule has 2 bridgehead atoms. The first-order chi connectivity index (χ1) is 21.3. The maximum atomic E-state index is 15.8. The molecule has 0 amide bonds. The fraction of sp³-hybridized carbons (Fsp3) is 0.545. The van der Waals surface area contributed by atoms with E-state index in [-0.39, 0.29) is 34.0 Å². The lowest BCUT2D eigenvalue weighted by Crippen LogP contribution is -2.36. The number of aliphatic hydroxyl groups excluding tert-OH is 1. The standard InChI is InChI=1S/C22H26FN9O11P2/c1-8-29-19-13(20(34)30-8)28-7-32(19)22-16-11(23)9(40-22)2-3-44(35,36)42-15-10(4-39-45(37,38)43-16)41-21(14(15)33)31-6-27-12-17(24)25-5-26-18(12)31/h5-7,9-11,14-16,21-22,33H,2-4H2,1H3,(H,35,36)(H,37,38)(H2,24,25,26)(H,29,30,34). The number of aliphatic hydroxyl groups is 1. The number of H-pyrrole nitrogens is 1. The lowest BCUT2D eigenvalue weighted by atomic mass is 10.1. The van der Waals surface area contributed by atoms with Crippen LogP contribution in [0.4, 0.5) is 10.2 Å². The van der Waals surface area contributed by atoms with E-state index in [1.807, 2.05) is 0 Å². The zero-order valence-corrected chi connectivity index (χ0v) is 24.8. The molecule has 3 saturated heterocycles. The number of rotatable bonds is 2. The number of hydrogen-bond donors (Lipinski definition) is 5. The van der Waals surface area contributed by atoms with E-state index in [0.717, 1.165) is 12.7 Å². The second-order valence-electron chi connectivity index (χ2n) is 10.7. The number of aryl methyl sites for hydroxylation is 1. The van der Waals surface area contributed by atoms with Gasteiger partial charge in [0.25, 0.3) is 5.56 Å². The maximum Gasteiger partial charge on any atom is 0.472 e. The molecular weight excluding hydrogens is 647 g/mol. The minimum Gasteiger partial charge on any atom is -0.386 e. The third-order valence-electron chi connectivity index (χ3n) is 7.70. The highest BCUT2D eigenvalue weighted by atomic mass is 31.2. The van der Waals surface area contributed by atoms with Crippen molar-refractivity contribution >= 4 is 43.6 Å². The molecule has 10 unspecified atom stereocenters. The van der Waals surface area contributed by atoms with Crippen LogP contribution in [0.2, 0.25) is 0 Å². The quantitative estimate of drug-likeness (QED) is 0.173. The van der Waals surface area contributed by atoms with Gasteiger partial charge in [-0.1, -0.05) is 0 Å². The van der Waals surface area contributed by atoms with Crippen molar-refractivity contribution in [2.45, 2.75) is 62.5 Å². The lowest BCUT2D eigenvalue weighted by molar-refractivity contribution is -0.0591. The van der Waals surface area contributed by atoms with E-state index >= 15 is 4.39 Å². The highest BCUT2D eigenvalue weighted by molar-refractivity contribution is 7.52. The van der Waals surface area contributed by atoms with E-state index in [9.17, 15) is 28.8 Å². The first-order valence-electron chi connectivity index (χ1n) is 13.5. The molecule has 45 heavy (non-hydrogen) atoms. The van der Waals surface area contributed by atoms with Gasteiger partial charge in [-0.3, -0.25) is 32.1 Å². The second kappa shape index (κ2) is 10.9. The summed E-state index contributed by atoms with van der Waals surface area (Å²) >= 11 is 0. The van der Waals surface area contributed by atoms with Gasteiger partial charge in [0.1, 0.15) is 42.1 Å². The lowest BCUT2D eigenvalue weighted by Gasteiger charge is -2.26. The zero-order chi connectivity index (χ0) is 31.8. The normalized spacial score (nSPS) is 37.7. The number of phosphoric ester groups is 1. The third-order valence-corrected chi connectivity index (χ3v) is 10.1. The average molecular weight is 673 g/mol. The SMILES string of the molecule is Cc1nc2c(ncn2C2OC3CCP(=O)(O)OC4C(COP(=O)(O)OC2C3F)OC(n2cnc3c(N)ncnc32)C4O)c(=O)[nH]1. The Labute approximate surface area is 250 Å². The number of hydrogen-bond acceptors (Lipinski definition) is 15. The van der Waals surface area contributed by atoms with Crippen LogP contribution in [0.15, 0.2) is 23.8 Å². The number of aromatic nitrogens is 8. The summed E-state index contributed by atoms with van der Waals surface area (Å²) in [7, 11) is -9.73. The Kier molecular flexibility index (Phi) is 7.40. The van der Waals surface area contributed by atoms with E-state index in [4.69, 9.17) is 28.8 Å². The molecule has 0 aromatic carbocycles. The summed E-state index contributed by atoms with van der Waals surface area (Å²) in [6.07, 6.45) is -10.3. The Bertz CT molecular complexity index is 1940. The Morgan fingerprint density at radius 3 is 2.49 bits per heavy atom. The van der Waals surface area contributed by atoms with Gasteiger partial charge in [0.15, 0.2) is 41.3 Å². The van der Waals surface area contributed by atoms with E-state index in [1.54, 1.807) is 0 Å². The van der Waals surface area contributed by atoms with Crippen LogP contribution in [0.1, 0.15) is 24.7 Å². The topological polar surface area (TPSA) is 274 Å². The van der Waals surface area contributed by atoms with Gasteiger partial charge < -0.3 is 35.1 Å². The number of ether oxygens (including phenoxy) is 2. The van der Waals surface area contributed by atoms with Crippen LogP contribution in [0.25, 0.3) is 22.3 Å². The number of nitrogens with zero attached hydrogens (tertiary/aromatic N) is 7. The van der Waals surface area contributed by atoms with Gasteiger partial charge in [-0.05, 0) is 13.3 Å². The van der Waals surface area contributed by atoms with E-state index < -0.39 is 89.3 Å². The minimum atomic E-state index is -5.13. The molecular formula is C22H26FN9O11P2. The number of nitrogen functional groups attached to an aromatic ring is 1. The van der Waals surface area contributed by atoms with Gasteiger partial charge in [-0.25, -0.2) is 33.9 Å². The molecule has 20 nitrogen and oxygen atoms in total. The molecule has 0 spiro atoms. The molecule has 3 fully saturated rings. The fourth-order valence-corrected chi connectivity index (χ4v) is 7.89. The zero-order valence-electron chi connectivity index (χ0n) is 23.1. The number of alkyl halides is 1. The van der Waals surface area contributed by atoms with Crippen LogP contribution >= 0.6 is 15.4 Å². The van der Waals surface area contributed by atoms with E-state index in [1.165, 1.54) is 22.4 Å². The molecule has 0 saturated carbocycles. The van der Waals surface area contributed by atoms with Crippen molar-refractivity contribution in [2.24, 2.45) is 0 Å². The molecule has 6 N–H and O–H groups in total. The Balaban J connectivity index is 1.21. The number of nitrogens with one attached hydrogen (secondary N) is 1. The van der Waals surface area contributed by atoms with Crippen molar-refractivity contribution in [1.82, 2.24) is 39.0 Å². The van der Waals surface area contributed by atoms with Crippen molar-refractivity contribution in [1.29, 1.82) is 0 Å². The van der Waals surface area contributed by atoms with Crippen molar-refractivity contribution in [3.63, 3.8) is 0 Å². The van der Waals surface area contributed by atoms with Gasteiger partial charge in [-0.2, -0.15) is 0 Å². The van der Waals surface area contributed by atoms with Crippen molar-refractivity contribution in [2.75, 3.05) is 18.5 Å². The minimum absolute atomic E-state index is 0.0186. The molecule has 23 heteroatoms. The van der Waals surface area contributed by atoms with Crippen LogP contribution in [0.5, 0.6) is 0 Å². The summed E-state index contributed by atoms with van der Waals surface area (Å²) in [6, 6.07) is 0. The molecule has 4 aromatic heterocycles. The molecule has 7 heterocycles. The molecule has 3 aliphatic rings. The van der Waals surface area contributed by atoms with E-state index in [2.05, 4.69) is 29.9 Å². The number of nitrogens with two attached hydrogens (primary N) is 1. The van der Waals surface area contributed by atoms with Gasteiger partial charge in [0, 0.05) is 0 Å². The maximum absolute atomic E-state index is 15.8. The molecule has 242 valence electrons. The Morgan fingerprint density at radius 2 is 1.71 bits per heavy atom. The Hall–Kier alpha value is -3.23. The predicted molar refractivity (Wildman–Crippen MR) is 146 cm³/mol. The number of halogens is 1. The first-order valence-corrected chi connectivity index (χ1v) is 16.7. The molecule has 0 radical (unpaired) electrons. The average Bonchev–Trinajstić information content (AvgIpc) is 3.72. The van der Waals surface area contributed by atoms with Gasteiger partial charge in [0.2, 0.25) is 0 Å². The summed E-state index contributed by atoms with van der Waals surface area (Å²) in [5.41, 5.74) is 5.50. The highest BCUT2D eigenvalue weighted by Gasteiger charge is 2.54. The summed E-state index contributed by atoms with van der Waals surface area (Å²) in [6.45, 7) is 0.701. The number of aromatic amines is 1. The van der Waals surface area contributed by atoms with Crippen molar-refractivity contribution in [3.05, 3.63) is 35.2 Å². The van der Waals surface area contributed by atoms with Crippen LogP contribution in [0, 0.1) is 6.92 Å². The number of anilines is 1. The number of fused-ring (bicyclic) bond motifs is 5. The molecule has 0 aliphatic carbocycles. The second-order valence-corrected chi connectivity index (χ2v) is 14.0. The molecule has 4 aromatic rings. The fourth-order valence-electron chi connectivity index (χ4n) is 5.64. The Morgan fingerprint density at radius 1 is 1.00 bits per heavy atom. The van der Waals surface area contributed by atoms with Crippen LogP contribution in [0.3, 0.4) is 0 Å². The van der Waals surface area contributed by atoms with Crippen molar-refractivity contribution in [3.8, 4) is 0 Å². The third kappa shape index (κ3) is 5.38. The summed E-state index contributed by atoms with van der Waals surface area (Å²) in [5.74, 6) is 0.260. The summed E-state index contributed by atoms with van der Waals surface area (Å²) < 4.78 is 72.3. The number of imidazole rings is 2. The highest BCUT2D eigenvalue weighted by Crippen LogP contribution is 2.54. The molecule has 3 aliphatic heterocycles. The first kappa shape index (κ1) is 30.4. The number of phosphoric acid groups is 1. The summed E-state index contributed by atoms with van der Waals surface area (Å²) in [5, 5.41) is 11.2. The monoisotopic (exact) mass is 673 g/mol. The molecule has 7 rings (SSSR count). The van der Waals surface area contributed by atoms with Gasteiger partial charge >= 0.3 is 15.4 Å². The van der Waals surface area contributed by atoms with Crippen LogP contribution < -0.4 is 11.3 Å². The smallest absolute Gasteiger partial charge is 0.386 e. The van der Waals surface area contributed by atoms with Crippen molar-refractivity contribution < 1.29 is 51.5 Å². The van der Waals surface area contributed by atoms with Crippen LogP contribution in [-0.4, -0.2) is 103 Å². The molecule has 10 atom stereocenters. The largest absolute Gasteiger partial charge is 0.472 e. The van der Waals surface area contributed by atoms with Gasteiger partial charge in [0.05, 0.1) is 31.5 Å². The summed E-state index contributed by atoms with van der Waals surface area (Å²) in [4.78, 5) is 56.6. The van der Waals surface area contributed by atoms with E-state index in [0.29, 0.717) is 0 Å². The van der Waals surface area contributed by atoms with Crippen LogP contribution in [-0.2, 0) is 32.2 Å². The van der Waals surface area contributed by atoms with Gasteiger partial charge in [-0.15, -0.1) is 0 Å². The predicted octanol–water partition coefficient (Wildman–Crippen LogP) is -0.180.